The molecule has 1 amide bonds. The highest BCUT2D eigenvalue weighted by Gasteiger charge is 2.19. The van der Waals surface area contributed by atoms with Gasteiger partial charge in [-0.1, -0.05) is 37.6 Å². The zero-order valence-electron chi connectivity index (χ0n) is 25.6. The molecule has 46 heavy (non-hydrogen) atoms. The average molecular weight is 767 g/mol. The maximum atomic E-state index is 13.8. The van der Waals surface area contributed by atoms with Gasteiger partial charge in [-0.25, -0.2) is 4.98 Å². The minimum atomic E-state index is -0.326. The summed E-state index contributed by atoms with van der Waals surface area (Å²) in [5.74, 6) is 1.54. The number of nitrogens with zero attached hydrogens (tertiary/aromatic N) is 3. The summed E-state index contributed by atoms with van der Waals surface area (Å²) in [5, 5.41) is 8.45. The number of amides is 1. The van der Waals surface area contributed by atoms with Crippen molar-refractivity contribution >= 4 is 72.2 Å². The molecule has 0 atom stereocenters. The van der Waals surface area contributed by atoms with Crippen molar-refractivity contribution in [1.29, 1.82) is 0 Å². The van der Waals surface area contributed by atoms with Crippen molar-refractivity contribution in [3.8, 4) is 22.9 Å². The second-order valence-electron chi connectivity index (χ2n) is 10.8. The van der Waals surface area contributed by atoms with Crippen LogP contribution in [0.5, 0.6) is 11.5 Å². The topological polar surface area (TPSA) is 94.8 Å². The molecule has 0 aliphatic heterocycles. The van der Waals surface area contributed by atoms with Crippen LogP contribution in [-0.2, 0) is 4.79 Å². The molecule has 1 heterocycles. The van der Waals surface area contributed by atoms with Gasteiger partial charge in [0.15, 0.2) is 12.4 Å². The molecule has 5 aromatic rings. The molecule has 11 heteroatoms. The van der Waals surface area contributed by atoms with E-state index in [1.54, 1.807) is 54.7 Å². The fraction of sp³-hybridized carbons (Fsp3) is 0.200. The van der Waals surface area contributed by atoms with E-state index in [1.165, 1.54) is 4.68 Å². The highest BCUT2D eigenvalue weighted by atomic mass is 79.9. The number of nitrogens with one attached hydrogen (secondary N) is 1. The van der Waals surface area contributed by atoms with Crippen LogP contribution in [0, 0.1) is 6.92 Å². The summed E-state index contributed by atoms with van der Waals surface area (Å²) < 4.78 is 14.3. The van der Waals surface area contributed by atoms with Crippen molar-refractivity contribution < 1.29 is 14.3 Å². The second-order valence-corrected chi connectivity index (χ2v) is 12.9. The van der Waals surface area contributed by atoms with Crippen molar-refractivity contribution in [3.63, 3.8) is 0 Å². The van der Waals surface area contributed by atoms with Crippen LogP contribution in [0.25, 0.3) is 22.3 Å². The highest BCUT2D eigenvalue weighted by molar-refractivity contribution is 9.11. The van der Waals surface area contributed by atoms with Crippen molar-refractivity contribution in [2.24, 2.45) is 5.10 Å². The fourth-order valence-corrected chi connectivity index (χ4v) is 6.44. The van der Waals surface area contributed by atoms with Gasteiger partial charge in [-0.3, -0.25) is 9.59 Å². The average Bonchev–Trinajstić information content (AvgIpc) is 3.01. The van der Waals surface area contributed by atoms with Crippen molar-refractivity contribution in [3.05, 3.63) is 114 Å². The van der Waals surface area contributed by atoms with E-state index >= 15 is 0 Å². The van der Waals surface area contributed by atoms with Crippen molar-refractivity contribution in [2.75, 3.05) is 18.5 Å². The van der Waals surface area contributed by atoms with Crippen LogP contribution in [0.4, 0.5) is 5.69 Å². The largest absolute Gasteiger partial charge is 0.494 e. The Kier molecular flexibility index (Phi) is 10.6. The first-order chi connectivity index (χ1) is 22.0. The molecule has 0 radical (unpaired) electrons. The van der Waals surface area contributed by atoms with Crippen LogP contribution >= 0.6 is 43.5 Å². The Morgan fingerprint density at radius 3 is 2.41 bits per heavy atom. The normalized spacial score (nSPS) is 11.4. The van der Waals surface area contributed by atoms with Gasteiger partial charge in [0, 0.05) is 16.3 Å². The number of carbonyl (C=O) groups excluding carboxylic acids is 1. The van der Waals surface area contributed by atoms with Crippen molar-refractivity contribution in [2.45, 2.75) is 33.6 Å². The molecule has 236 valence electrons. The SMILES string of the molecule is CCOc1cc(C)c(-c2nc3ccccc3c(=O)n2N=Cc2cc(Br)c(OCC(=O)Nc3ccc(Cl)cc3)c(Br)c2)cc1C(C)C. The van der Waals surface area contributed by atoms with Gasteiger partial charge < -0.3 is 14.8 Å². The molecule has 0 spiro atoms. The van der Waals surface area contributed by atoms with E-state index in [-0.39, 0.29) is 24.0 Å². The van der Waals surface area contributed by atoms with Gasteiger partial charge in [0.1, 0.15) is 11.5 Å². The van der Waals surface area contributed by atoms with Gasteiger partial charge in [0.05, 0.1) is 32.7 Å². The number of aromatic nitrogens is 2. The van der Waals surface area contributed by atoms with Crippen LogP contribution < -0.4 is 20.3 Å². The third-order valence-electron chi connectivity index (χ3n) is 7.09. The third kappa shape index (κ3) is 7.52. The molecule has 0 bridgehead atoms. The predicted molar refractivity (Wildman–Crippen MR) is 192 cm³/mol. The van der Waals surface area contributed by atoms with Crippen molar-refractivity contribution in [1.82, 2.24) is 9.66 Å². The number of carbonyl (C=O) groups is 1. The van der Waals surface area contributed by atoms with Gasteiger partial charge in [0.25, 0.3) is 11.5 Å². The molecule has 5 rings (SSSR count). The fourth-order valence-electron chi connectivity index (χ4n) is 4.86. The standard InChI is InChI=1S/C35H31Br2ClN4O4/c1-5-45-31-14-21(4)27(17-26(31)20(2)3)34-41-30-9-7-6-8-25(30)35(44)42(34)39-18-22-15-28(36)33(29(37)16-22)46-19-32(43)40-24-12-10-23(38)11-13-24/h6-18,20H,5,19H2,1-4H3,(H,40,43). The summed E-state index contributed by atoms with van der Waals surface area (Å²) >= 11 is 13.0. The Bertz CT molecular complexity index is 1990. The molecule has 0 unspecified atom stereocenters. The van der Waals surface area contributed by atoms with Crippen LogP contribution in [0.3, 0.4) is 0 Å². The van der Waals surface area contributed by atoms with Gasteiger partial charge in [0.2, 0.25) is 0 Å². The van der Waals surface area contributed by atoms with E-state index in [0.29, 0.717) is 54.3 Å². The number of ether oxygens (including phenoxy) is 2. The Balaban J connectivity index is 1.48. The molecule has 0 aliphatic rings. The lowest BCUT2D eigenvalue weighted by atomic mass is 9.96. The predicted octanol–water partition coefficient (Wildman–Crippen LogP) is 8.97. The summed E-state index contributed by atoms with van der Waals surface area (Å²) in [7, 11) is 0. The van der Waals surface area contributed by atoms with Gasteiger partial charge in [-0.05, 0) is 129 Å². The molecule has 0 fully saturated rings. The molecular formula is C35H31Br2ClN4O4. The Morgan fingerprint density at radius 2 is 1.74 bits per heavy atom. The molecule has 4 aromatic carbocycles. The lowest BCUT2D eigenvalue weighted by Gasteiger charge is -2.18. The maximum Gasteiger partial charge on any atom is 0.282 e. The zero-order valence-corrected chi connectivity index (χ0v) is 29.5. The van der Waals surface area contributed by atoms with E-state index in [4.69, 9.17) is 26.1 Å². The summed E-state index contributed by atoms with van der Waals surface area (Å²) in [6.45, 7) is 8.47. The third-order valence-corrected chi connectivity index (χ3v) is 8.52. The number of benzene rings is 4. The molecule has 0 saturated heterocycles. The number of hydrogen-bond donors (Lipinski definition) is 1. The zero-order chi connectivity index (χ0) is 33.0. The number of hydrogen-bond acceptors (Lipinski definition) is 6. The van der Waals surface area contributed by atoms with Gasteiger partial charge >= 0.3 is 0 Å². The van der Waals surface area contributed by atoms with Crippen LogP contribution in [0.1, 0.15) is 43.4 Å². The Hall–Kier alpha value is -3.99. The van der Waals surface area contributed by atoms with E-state index in [0.717, 1.165) is 22.4 Å². The number of fused-ring (bicyclic) bond motifs is 1. The van der Waals surface area contributed by atoms with Crippen LogP contribution in [0.2, 0.25) is 5.02 Å². The van der Waals surface area contributed by atoms with Crippen LogP contribution in [0.15, 0.2) is 91.6 Å². The maximum absolute atomic E-state index is 13.8. The van der Waals surface area contributed by atoms with E-state index in [1.807, 2.05) is 38.1 Å². The Labute approximate surface area is 288 Å². The Morgan fingerprint density at radius 1 is 1.04 bits per heavy atom. The number of para-hydroxylation sites is 1. The lowest BCUT2D eigenvalue weighted by molar-refractivity contribution is -0.118. The molecule has 8 nitrogen and oxygen atoms in total. The number of aryl methyl sites for hydroxylation is 1. The van der Waals surface area contributed by atoms with Gasteiger partial charge in [-0.2, -0.15) is 9.78 Å². The first-order valence-corrected chi connectivity index (χ1v) is 16.5. The lowest BCUT2D eigenvalue weighted by Crippen LogP contribution is -2.21. The van der Waals surface area contributed by atoms with E-state index in [9.17, 15) is 9.59 Å². The smallest absolute Gasteiger partial charge is 0.282 e. The number of anilines is 1. The summed E-state index contributed by atoms with van der Waals surface area (Å²) in [5.41, 5.74) is 4.30. The molecule has 1 aromatic heterocycles. The second kappa shape index (κ2) is 14.6. The molecule has 0 saturated carbocycles. The minimum Gasteiger partial charge on any atom is -0.494 e. The number of halogens is 3. The van der Waals surface area contributed by atoms with E-state index < -0.39 is 0 Å². The van der Waals surface area contributed by atoms with Gasteiger partial charge in [-0.15, -0.1) is 0 Å². The molecule has 0 aliphatic carbocycles. The highest BCUT2D eigenvalue weighted by Crippen LogP contribution is 2.36. The molecular weight excluding hydrogens is 736 g/mol. The molecule has 1 N–H and O–H groups in total. The first-order valence-electron chi connectivity index (χ1n) is 14.6. The summed E-state index contributed by atoms with van der Waals surface area (Å²) in [4.78, 5) is 31.2. The quantitative estimate of drug-likeness (QED) is 0.143. The summed E-state index contributed by atoms with van der Waals surface area (Å²) in [6.07, 6.45) is 1.58. The first kappa shape index (κ1) is 33.4. The minimum absolute atomic E-state index is 0.184. The van der Waals surface area contributed by atoms with E-state index in [2.05, 4.69) is 56.1 Å². The van der Waals surface area contributed by atoms with Crippen LogP contribution in [-0.4, -0.2) is 35.0 Å². The monoisotopic (exact) mass is 764 g/mol. The number of rotatable bonds is 10. The summed E-state index contributed by atoms with van der Waals surface area (Å²) in [6, 6.07) is 21.7.